The number of carboxylic acid groups (broad SMARTS) is 1. The molecule has 0 spiro atoms. The van der Waals surface area contributed by atoms with E-state index >= 15 is 0 Å². The number of hydrogen-bond donors (Lipinski definition) is 2. The Balaban J connectivity index is 1.57. The number of carboxylic acids is 1. The van der Waals surface area contributed by atoms with Crippen LogP contribution < -0.4 is 5.32 Å². The van der Waals surface area contributed by atoms with Crippen LogP contribution in [0.4, 0.5) is 0 Å². The van der Waals surface area contributed by atoms with E-state index in [4.69, 9.17) is 0 Å². The minimum atomic E-state index is -0.750. The second-order valence-electron chi connectivity index (χ2n) is 7.90. The summed E-state index contributed by atoms with van der Waals surface area (Å²) in [4.78, 5) is 25.7. The molecule has 1 amide bonds. The third-order valence-electron chi connectivity index (χ3n) is 6.04. The van der Waals surface area contributed by atoms with Gasteiger partial charge in [-0.25, -0.2) is 0 Å². The molecule has 142 valence electrons. The fourth-order valence-electron chi connectivity index (χ4n) is 4.52. The second kappa shape index (κ2) is 8.67. The number of amides is 1. The lowest BCUT2D eigenvalue weighted by Gasteiger charge is -2.38. The van der Waals surface area contributed by atoms with Gasteiger partial charge < -0.3 is 10.4 Å². The minimum Gasteiger partial charge on any atom is -0.481 e. The Bertz CT molecular complexity index is 611. The van der Waals surface area contributed by atoms with Crippen LogP contribution in [0.25, 0.3) is 0 Å². The zero-order valence-electron chi connectivity index (χ0n) is 15.5. The number of carbonyl (C=O) groups is 2. The average Bonchev–Trinajstić information content (AvgIpc) is 2.68. The van der Waals surface area contributed by atoms with E-state index in [-0.39, 0.29) is 17.2 Å². The van der Waals surface area contributed by atoms with Crippen LogP contribution in [0.15, 0.2) is 30.3 Å². The number of benzene rings is 1. The molecule has 2 aliphatic rings. The summed E-state index contributed by atoms with van der Waals surface area (Å²) < 4.78 is 0. The number of likely N-dealkylation sites (tertiary alicyclic amines) is 1. The number of aliphatic carboxylic acids is 1. The van der Waals surface area contributed by atoms with Gasteiger partial charge in [-0.3, -0.25) is 14.5 Å². The molecule has 5 heteroatoms. The Hall–Kier alpha value is -1.88. The molecule has 1 aromatic rings. The Morgan fingerprint density at radius 2 is 1.85 bits per heavy atom. The Kier molecular flexibility index (Phi) is 6.30. The van der Waals surface area contributed by atoms with E-state index in [1.54, 1.807) is 0 Å². The van der Waals surface area contributed by atoms with Gasteiger partial charge in [0.05, 0.1) is 12.5 Å². The molecule has 1 saturated heterocycles. The fraction of sp³-hybridized carbons (Fsp3) is 0.619. The first-order chi connectivity index (χ1) is 12.6. The Morgan fingerprint density at radius 3 is 2.54 bits per heavy atom. The number of carbonyl (C=O) groups excluding carboxylic acids is 1. The van der Waals surface area contributed by atoms with Crippen molar-refractivity contribution >= 4 is 11.9 Å². The Morgan fingerprint density at radius 1 is 1.12 bits per heavy atom. The molecule has 1 aliphatic carbocycles. The normalized spacial score (nSPS) is 23.3. The van der Waals surface area contributed by atoms with E-state index in [1.807, 2.05) is 11.0 Å². The molecule has 26 heavy (non-hydrogen) atoms. The van der Waals surface area contributed by atoms with Crippen molar-refractivity contribution in [2.24, 2.45) is 5.92 Å². The molecule has 1 aliphatic heterocycles. The van der Waals surface area contributed by atoms with Gasteiger partial charge in [-0.15, -0.1) is 0 Å². The van der Waals surface area contributed by atoms with Gasteiger partial charge in [-0.2, -0.15) is 0 Å². The Labute approximate surface area is 155 Å². The van der Waals surface area contributed by atoms with Gasteiger partial charge in [0, 0.05) is 18.5 Å². The first kappa shape index (κ1) is 18.9. The molecule has 2 N–H and O–H groups in total. The van der Waals surface area contributed by atoms with Crippen molar-refractivity contribution < 1.29 is 14.7 Å². The van der Waals surface area contributed by atoms with E-state index < -0.39 is 5.97 Å². The number of rotatable bonds is 6. The topological polar surface area (TPSA) is 69.6 Å². The van der Waals surface area contributed by atoms with E-state index in [2.05, 4.69) is 29.6 Å². The number of piperidine rings is 1. The van der Waals surface area contributed by atoms with Crippen LogP contribution in [0.3, 0.4) is 0 Å². The molecule has 1 unspecified atom stereocenters. The smallest absolute Gasteiger partial charge is 0.307 e. The maximum Gasteiger partial charge on any atom is 0.307 e. The lowest BCUT2D eigenvalue weighted by atomic mass is 9.69. The van der Waals surface area contributed by atoms with Crippen LogP contribution in [0.5, 0.6) is 0 Å². The van der Waals surface area contributed by atoms with Crippen molar-refractivity contribution in [2.45, 2.75) is 50.4 Å². The molecule has 1 aromatic carbocycles. The summed E-state index contributed by atoms with van der Waals surface area (Å²) >= 11 is 0. The first-order valence-electron chi connectivity index (χ1n) is 9.86. The standard InChI is InChI=1S/C21H30N2O3/c24-19(15-23-13-7-8-17(14-23)20(25)26)22-16-21(11-5-2-6-12-21)18-9-3-1-4-10-18/h1,3-4,9-10,17H,2,5-8,11-16H2,(H,22,24)(H,25,26). The number of nitrogens with one attached hydrogen (secondary N) is 1. The number of nitrogens with zero attached hydrogens (tertiary/aromatic N) is 1. The summed E-state index contributed by atoms with van der Waals surface area (Å²) in [7, 11) is 0. The molecular weight excluding hydrogens is 328 g/mol. The van der Waals surface area contributed by atoms with Crippen LogP contribution in [0.1, 0.15) is 50.5 Å². The zero-order valence-corrected chi connectivity index (χ0v) is 15.5. The third kappa shape index (κ3) is 4.64. The van der Waals surface area contributed by atoms with Gasteiger partial charge in [0.1, 0.15) is 0 Å². The molecule has 5 nitrogen and oxygen atoms in total. The highest BCUT2D eigenvalue weighted by molar-refractivity contribution is 5.78. The molecular formula is C21H30N2O3. The molecule has 1 atom stereocenters. The second-order valence-corrected chi connectivity index (χ2v) is 7.90. The molecule has 3 rings (SSSR count). The first-order valence-corrected chi connectivity index (χ1v) is 9.86. The monoisotopic (exact) mass is 358 g/mol. The SMILES string of the molecule is O=C(CN1CCCC(C(=O)O)C1)NCC1(c2ccccc2)CCCCC1. The van der Waals surface area contributed by atoms with Gasteiger partial charge in [-0.05, 0) is 37.8 Å². The molecule has 0 aromatic heterocycles. The van der Waals surface area contributed by atoms with Crippen LogP contribution in [-0.2, 0) is 15.0 Å². The summed E-state index contributed by atoms with van der Waals surface area (Å²) in [5, 5.41) is 12.4. The van der Waals surface area contributed by atoms with Gasteiger partial charge in [0.2, 0.25) is 5.91 Å². The largest absolute Gasteiger partial charge is 0.481 e. The third-order valence-corrected chi connectivity index (χ3v) is 6.04. The summed E-state index contributed by atoms with van der Waals surface area (Å²) in [5.74, 6) is -1.08. The molecule has 1 saturated carbocycles. The lowest BCUT2D eigenvalue weighted by molar-refractivity contribution is -0.144. The lowest BCUT2D eigenvalue weighted by Crippen LogP contribution is -2.47. The molecule has 2 fully saturated rings. The average molecular weight is 358 g/mol. The van der Waals surface area contributed by atoms with E-state index in [0.29, 0.717) is 26.1 Å². The van der Waals surface area contributed by atoms with E-state index in [9.17, 15) is 14.7 Å². The molecule has 1 heterocycles. The predicted octanol–water partition coefficient (Wildman–Crippen LogP) is 2.80. The van der Waals surface area contributed by atoms with Gasteiger partial charge in [-0.1, -0.05) is 49.6 Å². The zero-order chi connectivity index (χ0) is 18.4. The van der Waals surface area contributed by atoms with Crippen LogP contribution in [-0.4, -0.2) is 48.1 Å². The van der Waals surface area contributed by atoms with Crippen molar-refractivity contribution in [3.63, 3.8) is 0 Å². The molecule has 0 bridgehead atoms. The van der Waals surface area contributed by atoms with Gasteiger partial charge in [0.15, 0.2) is 0 Å². The van der Waals surface area contributed by atoms with E-state index in [1.165, 1.54) is 24.8 Å². The van der Waals surface area contributed by atoms with Crippen molar-refractivity contribution in [1.29, 1.82) is 0 Å². The van der Waals surface area contributed by atoms with Crippen molar-refractivity contribution in [1.82, 2.24) is 10.2 Å². The summed E-state index contributed by atoms with van der Waals surface area (Å²) in [6, 6.07) is 10.5. The van der Waals surface area contributed by atoms with Crippen molar-refractivity contribution in [3.8, 4) is 0 Å². The molecule has 0 radical (unpaired) electrons. The van der Waals surface area contributed by atoms with Gasteiger partial charge in [0.25, 0.3) is 0 Å². The van der Waals surface area contributed by atoms with E-state index in [0.717, 1.165) is 25.8 Å². The quantitative estimate of drug-likeness (QED) is 0.820. The van der Waals surface area contributed by atoms with Crippen LogP contribution >= 0.6 is 0 Å². The highest BCUT2D eigenvalue weighted by atomic mass is 16.4. The fourth-order valence-corrected chi connectivity index (χ4v) is 4.52. The minimum absolute atomic E-state index is 0.0110. The highest BCUT2D eigenvalue weighted by Crippen LogP contribution is 2.38. The van der Waals surface area contributed by atoms with Crippen LogP contribution in [0, 0.1) is 5.92 Å². The summed E-state index contributed by atoms with van der Waals surface area (Å²) in [6.07, 6.45) is 7.47. The van der Waals surface area contributed by atoms with Crippen molar-refractivity contribution in [3.05, 3.63) is 35.9 Å². The van der Waals surface area contributed by atoms with Crippen molar-refractivity contribution in [2.75, 3.05) is 26.2 Å². The van der Waals surface area contributed by atoms with Crippen LogP contribution in [0.2, 0.25) is 0 Å². The van der Waals surface area contributed by atoms with Gasteiger partial charge >= 0.3 is 5.97 Å². The predicted molar refractivity (Wildman–Crippen MR) is 101 cm³/mol. The summed E-state index contributed by atoms with van der Waals surface area (Å²) in [6.45, 7) is 2.26. The maximum atomic E-state index is 12.5. The number of hydrogen-bond acceptors (Lipinski definition) is 3. The summed E-state index contributed by atoms with van der Waals surface area (Å²) in [5.41, 5.74) is 1.37. The maximum absolute atomic E-state index is 12.5. The highest BCUT2D eigenvalue weighted by Gasteiger charge is 2.34.